The van der Waals surface area contributed by atoms with Gasteiger partial charge in [-0.3, -0.25) is 4.79 Å². The predicted molar refractivity (Wildman–Crippen MR) is 73.9 cm³/mol. The molecule has 1 fully saturated rings. The molecule has 0 aliphatic heterocycles. The molecule has 0 radical (unpaired) electrons. The average Bonchev–Trinajstić information content (AvgIpc) is 2.33. The first-order chi connectivity index (χ1) is 8.69. The molecule has 2 N–H and O–H groups in total. The van der Waals surface area contributed by atoms with Gasteiger partial charge in [0.1, 0.15) is 0 Å². The van der Waals surface area contributed by atoms with Crippen LogP contribution in [-0.4, -0.2) is 25.5 Å². The van der Waals surface area contributed by atoms with E-state index in [0.717, 1.165) is 24.4 Å². The van der Waals surface area contributed by atoms with Crippen molar-refractivity contribution in [1.82, 2.24) is 10.6 Å². The second-order valence-electron chi connectivity index (χ2n) is 4.79. The number of amides is 1. The summed E-state index contributed by atoms with van der Waals surface area (Å²) in [7, 11) is 1.67. The molecule has 1 amide bonds. The minimum atomic E-state index is 0.0936. The number of benzene rings is 1. The molecule has 1 aliphatic carbocycles. The van der Waals surface area contributed by atoms with Gasteiger partial charge in [0.05, 0.1) is 0 Å². The van der Waals surface area contributed by atoms with Crippen molar-refractivity contribution in [2.75, 3.05) is 13.6 Å². The Bertz CT molecular complexity index is 399. The van der Waals surface area contributed by atoms with Gasteiger partial charge in [-0.05, 0) is 36.5 Å². The van der Waals surface area contributed by atoms with Crippen LogP contribution in [0, 0.1) is 0 Å². The van der Waals surface area contributed by atoms with Crippen LogP contribution in [0.3, 0.4) is 0 Å². The van der Waals surface area contributed by atoms with E-state index < -0.39 is 0 Å². The van der Waals surface area contributed by atoms with Crippen LogP contribution in [0.15, 0.2) is 24.3 Å². The largest absolute Gasteiger partial charge is 0.359 e. The number of rotatable bonds is 5. The van der Waals surface area contributed by atoms with Crippen molar-refractivity contribution in [3.05, 3.63) is 34.9 Å². The molecule has 4 heteroatoms. The number of halogens is 1. The highest BCUT2D eigenvalue weighted by atomic mass is 35.5. The molecule has 1 saturated carbocycles. The minimum Gasteiger partial charge on any atom is -0.359 e. The lowest BCUT2D eigenvalue weighted by Gasteiger charge is -2.36. The molecule has 0 spiro atoms. The maximum absolute atomic E-state index is 11.1. The summed E-state index contributed by atoms with van der Waals surface area (Å²) in [6, 6.07) is 8.66. The summed E-state index contributed by atoms with van der Waals surface area (Å²) in [4.78, 5) is 11.1. The third-order valence-electron chi connectivity index (χ3n) is 3.54. The summed E-state index contributed by atoms with van der Waals surface area (Å²) in [6.45, 7) is 0.762. The Morgan fingerprint density at radius 1 is 1.33 bits per heavy atom. The molecule has 18 heavy (non-hydrogen) atoms. The lowest BCUT2D eigenvalue weighted by molar-refractivity contribution is -0.120. The van der Waals surface area contributed by atoms with Gasteiger partial charge in [0, 0.05) is 31.1 Å². The summed E-state index contributed by atoms with van der Waals surface area (Å²) in [6.07, 6.45) is 2.85. The number of carbonyl (C=O) groups excluding carboxylic acids is 1. The second kappa shape index (κ2) is 6.21. The Labute approximate surface area is 113 Å². The second-order valence-corrected chi connectivity index (χ2v) is 5.23. The van der Waals surface area contributed by atoms with Gasteiger partial charge in [0.2, 0.25) is 5.91 Å². The molecule has 2 rings (SSSR count). The van der Waals surface area contributed by atoms with E-state index in [1.54, 1.807) is 7.05 Å². The molecule has 0 bridgehead atoms. The fraction of sp³-hybridized carbons (Fsp3) is 0.500. The highest BCUT2D eigenvalue weighted by Gasteiger charge is 2.29. The zero-order chi connectivity index (χ0) is 13.0. The first-order valence-electron chi connectivity index (χ1n) is 6.38. The third kappa shape index (κ3) is 3.47. The van der Waals surface area contributed by atoms with Crippen molar-refractivity contribution in [3.63, 3.8) is 0 Å². The van der Waals surface area contributed by atoms with E-state index in [1.807, 2.05) is 12.1 Å². The lowest BCUT2D eigenvalue weighted by Crippen LogP contribution is -2.41. The van der Waals surface area contributed by atoms with E-state index in [2.05, 4.69) is 22.8 Å². The molecule has 1 aromatic carbocycles. The van der Waals surface area contributed by atoms with Crippen LogP contribution >= 0.6 is 11.6 Å². The van der Waals surface area contributed by atoms with Gasteiger partial charge in [0.15, 0.2) is 0 Å². The number of hydrogen-bond donors (Lipinski definition) is 2. The molecule has 1 aliphatic rings. The Morgan fingerprint density at radius 3 is 2.61 bits per heavy atom. The van der Waals surface area contributed by atoms with Gasteiger partial charge < -0.3 is 10.6 Å². The van der Waals surface area contributed by atoms with Crippen molar-refractivity contribution in [2.24, 2.45) is 0 Å². The highest BCUT2D eigenvalue weighted by molar-refractivity contribution is 6.30. The smallest absolute Gasteiger partial charge is 0.221 e. The molecule has 0 heterocycles. The van der Waals surface area contributed by atoms with Gasteiger partial charge in [-0.1, -0.05) is 23.7 Å². The van der Waals surface area contributed by atoms with Crippen LogP contribution in [0.2, 0.25) is 5.02 Å². The van der Waals surface area contributed by atoms with E-state index in [1.165, 1.54) is 5.56 Å². The van der Waals surface area contributed by atoms with Crippen molar-refractivity contribution in [1.29, 1.82) is 0 Å². The quantitative estimate of drug-likeness (QED) is 0.859. The third-order valence-corrected chi connectivity index (χ3v) is 3.80. The van der Waals surface area contributed by atoms with Crippen LogP contribution < -0.4 is 10.6 Å². The minimum absolute atomic E-state index is 0.0936. The summed E-state index contributed by atoms with van der Waals surface area (Å²) < 4.78 is 0. The fourth-order valence-corrected chi connectivity index (χ4v) is 2.43. The lowest BCUT2D eigenvalue weighted by atomic mass is 9.76. The van der Waals surface area contributed by atoms with Gasteiger partial charge in [0.25, 0.3) is 0 Å². The molecule has 0 atom stereocenters. The normalized spacial score (nSPS) is 22.3. The molecular formula is C14H19ClN2O. The summed E-state index contributed by atoms with van der Waals surface area (Å²) in [5.41, 5.74) is 1.36. The molecule has 1 aromatic rings. The highest BCUT2D eigenvalue weighted by Crippen LogP contribution is 2.37. The van der Waals surface area contributed by atoms with Gasteiger partial charge in [-0.25, -0.2) is 0 Å². The first kappa shape index (κ1) is 13.4. The molecule has 0 unspecified atom stereocenters. The van der Waals surface area contributed by atoms with Gasteiger partial charge in [-0.2, -0.15) is 0 Å². The van der Waals surface area contributed by atoms with Crippen molar-refractivity contribution in [2.45, 2.75) is 31.2 Å². The Morgan fingerprint density at radius 2 is 2.00 bits per heavy atom. The zero-order valence-electron chi connectivity index (χ0n) is 10.6. The zero-order valence-corrected chi connectivity index (χ0v) is 11.3. The van der Waals surface area contributed by atoms with E-state index in [4.69, 9.17) is 11.6 Å². The molecule has 98 valence electrons. The average molecular weight is 267 g/mol. The summed E-state index contributed by atoms with van der Waals surface area (Å²) >= 11 is 5.87. The van der Waals surface area contributed by atoms with Crippen molar-refractivity contribution in [3.8, 4) is 0 Å². The van der Waals surface area contributed by atoms with Gasteiger partial charge >= 0.3 is 0 Å². The van der Waals surface area contributed by atoms with Crippen LogP contribution in [-0.2, 0) is 4.79 Å². The van der Waals surface area contributed by atoms with Crippen molar-refractivity contribution >= 4 is 17.5 Å². The van der Waals surface area contributed by atoms with E-state index in [9.17, 15) is 4.79 Å². The number of carbonyl (C=O) groups is 1. The Balaban J connectivity index is 1.67. The summed E-state index contributed by atoms with van der Waals surface area (Å²) in [5.74, 6) is 0.732. The number of nitrogens with one attached hydrogen (secondary N) is 2. The monoisotopic (exact) mass is 266 g/mol. The topological polar surface area (TPSA) is 41.1 Å². The standard InChI is InChI=1S/C14H19ClN2O/c1-16-14(18)6-7-17-13-8-11(9-13)10-2-4-12(15)5-3-10/h2-5,11,13,17H,6-9H2,1H3,(H,16,18). The van der Waals surface area contributed by atoms with E-state index in [0.29, 0.717) is 18.4 Å². The maximum Gasteiger partial charge on any atom is 0.221 e. The summed E-state index contributed by atoms with van der Waals surface area (Å²) in [5, 5.41) is 6.82. The predicted octanol–water partition coefficient (Wildman–Crippen LogP) is 2.31. The van der Waals surface area contributed by atoms with Crippen LogP contribution in [0.5, 0.6) is 0 Å². The fourth-order valence-electron chi connectivity index (χ4n) is 2.31. The SMILES string of the molecule is CNC(=O)CCNC1CC(c2ccc(Cl)cc2)C1. The first-order valence-corrected chi connectivity index (χ1v) is 6.76. The Kier molecular flexibility index (Phi) is 4.61. The maximum atomic E-state index is 11.1. The van der Waals surface area contributed by atoms with E-state index >= 15 is 0 Å². The van der Waals surface area contributed by atoms with Crippen LogP contribution in [0.1, 0.15) is 30.7 Å². The molecule has 0 saturated heterocycles. The molecule has 3 nitrogen and oxygen atoms in total. The number of hydrogen-bond acceptors (Lipinski definition) is 2. The Hall–Kier alpha value is -1.06. The van der Waals surface area contributed by atoms with Crippen molar-refractivity contribution < 1.29 is 4.79 Å². The van der Waals surface area contributed by atoms with E-state index in [-0.39, 0.29) is 5.91 Å². The van der Waals surface area contributed by atoms with Crippen LogP contribution in [0.4, 0.5) is 0 Å². The van der Waals surface area contributed by atoms with Gasteiger partial charge in [-0.15, -0.1) is 0 Å². The molecular weight excluding hydrogens is 248 g/mol. The van der Waals surface area contributed by atoms with Crippen LogP contribution in [0.25, 0.3) is 0 Å². The molecule has 0 aromatic heterocycles.